The highest BCUT2D eigenvalue weighted by Gasteiger charge is 2.41. The fourth-order valence-corrected chi connectivity index (χ4v) is 4.16. The first-order valence-corrected chi connectivity index (χ1v) is 8.03. The Morgan fingerprint density at radius 3 is 2.64 bits per heavy atom. The molecule has 1 amide bonds. The van der Waals surface area contributed by atoms with E-state index in [2.05, 4.69) is 21.9 Å². The minimum absolute atomic E-state index is 0.00350. The third-order valence-corrected chi connectivity index (χ3v) is 5.12. The van der Waals surface area contributed by atoms with Gasteiger partial charge in [0.25, 0.3) is 5.91 Å². The summed E-state index contributed by atoms with van der Waals surface area (Å²) in [5.41, 5.74) is 2.64. The Kier molecular flexibility index (Phi) is 3.16. The summed E-state index contributed by atoms with van der Waals surface area (Å²) in [6.07, 6.45) is 0. The summed E-state index contributed by atoms with van der Waals surface area (Å²) in [7, 11) is 2.15. The number of halogens is 1. The lowest BCUT2D eigenvalue weighted by molar-refractivity contribution is 0.0765. The molecule has 2 aromatic rings. The van der Waals surface area contributed by atoms with E-state index in [9.17, 15) is 4.79 Å². The lowest BCUT2D eigenvalue weighted by Gasteiger charge is -2.18. The van der Waals surface area contributed by atoms with Crippen LogP contribution >= 0.6 is 11.6 Å². The van der Waals surface area contributed by atoms with Crippen LogP contribution in [0.1, 0.15) is 16.2 Å². The van der Waals surface area contributed by atoms with Crippen LogP contribution in [0, 0.1) is 18.8 Å². The van der Waals surface area contributed by atoms with Crippen LogP contribution in [0.25, 0.3) is 11.0 Å². The number of hydrogen-bond donors (Lipinski definition) is 1. The summed E-state index contributed by atoms with van der Waals surface area (Å²) >= 11 is 6.07. The number of aromatic nitrogens is 2. The lowest BCUT2D eigenvalue weighted by atomic mass is 10.0. The van der Waals surface area contributed by atoms with Gasteiger partial charge >= 0.3 is 0 Å². The van der Waals surface area contributed by atoms with Crippen molar-refractivity contribution >= 4 is 28.5 Å². The van der Waals surface area contributed by atoms with Crippen molar-refractivity contribution in [1.29, 1.82) is 0 Å². The molecule has 3 heterocycles. The predicted molar refractivity (Wildman–Crippen MR) is 86.2 cm³/mol. The fraction of sp³-hybridized carbons (Fsp3) is 0.500. The topological polar surface area (TPSA) is 52.2 Å². The standard InChI is InChI=1S/C16H19ClN4O/c1-9-3-12(17)4-13-14(9)19-15(18-13)16(22)21-7-10-5-20(2)6-11(10)8-21/h3-4,10-11H,5-8H2,1-2H3,(H,18,19)/t10-,11+. The molecule has 2 atom stereocenters. The first kappa shape index (κ1) is 14.0. The average Bonchev–Trinajstić information content (AvgIpc) is 3.09. The zero-order valence-corrected chi connectivity index (χ0v) is 13.5. The first-order valence-electron chi connectivity index (χ1n) is 7.65. The highest BCUT2D eigenvalue weighted by atomic mass is 35.5. The number of hydrogen-bond acceptors (Lipinski definition) is 3. The third kappa shape index (κ3) is 2.20. The van der Waals surface area contributed by atoms with E-state index in [-0.39, 0.29) is 5.91 Å². The Balaban J connectivity index is 1.60. The molecule has 6 heteroatoms. The van der Waals surface area contributed by atoms with E-state index < -0.39 is 0 Å². The summed E-state index contributed by atoms with van der Waals surface area (Å²) in [6, 6.07) is 3.69. The maximum absolute atomic E-state index is 12.7. The summed E-state index contributed by atoms with van der Waals surface area (Å²) in [5, 5.41) is 0.659. The van der Waals surface area contributed by atoms with Gasteiger partial charge in [0, 0.05) is 31.2 Å². The number of likely N-dealkylation sites (tertiary alicyclic amines) is 2. The zero-order chi connectivity index (χ0) is 15.4. The van der Waals surface area contributed by atoms with Gasteiger partial charge in [-0.25, -0.2) is 4.98 Å². The molecule has 0 aliphatic carbocycles. The largest absolute Gasteiger partial charge is 0.335 e. The van der Waals surface area contributed by atoms with E-state index in [1.54, 1.807) is 0 Å². The number of carbonyl (C=O) groups is 1. The molecule has 0 unspecified atom stereocenters. The van der Waals surface area contributed by atoms with Crippen LogP contribution in [0.15, 0.2) is 12.1 Å². The fourth-order valence-electron chi connectivity index (χ4n) is 3.89. The minimum Gasteiger partial charge on any atom is -0.335 e. The number of benzene rings is 1. The normalized spacial score (nSPS) is 25.1. The predicted octanol–water partition coefficient (Wildman–Crippen LogP) is 2.16. The highest BCUT2D eigenvalue weighted by Crippen LogP contribution is 2.31. The first-order chi connectivity index (χ1) is 10.5. The molecule has 1 aromatic heterocycles. The molecule has 1 aromatic carbocycles. The second-order valence-corrected chi connectivity index (χ2v) is 7.09. The zero-order valence-electron chi connectivity index (χ0n) is 12.8. The second kappa shape index (κ2) is 4.96. The maximum atomic E-state index is 12.7. The quantitative estimate of drug-likeness (QED) is 0.876. The molecule has 22 heavy (non-hydrogen) atoms. The van der Waals surface area contributed by atoms with Gasteiger partial charge in [0.15, 0.2) is 5.82 Å². The molecule has 1 N–H and O–H groups in total. The van der Waals surface area contributed by atoms with Crippen molar-refractivity contribution < 1.29 is 4.79 Å². The Bertz CT molecular complexity index is 742. The van der Waals surface area contributed by atoms with Gasteiger partial charge in [0.2, 0.25) is 0 Å². The number of imidazole rings is 1. The van der Waals surface area contributed by atoms with Gasteiger partial charge in [0.05, 0.1) is 11.0 Å². The molecule has 0 radical (unpaired) electrons. The number of nitrogens with one attached hydrogen (secondary N) is 1. The van der Waals surface area contributed by atoms with Gasteiger partial charge < -0.3 is 14.8 Å². The number of amides is 1. The molecule has 5 nitrogen and oxygen atoms in total. The molecular formula is C16H19ClN4O. The monoisotopic (exact) mass is 318 g/mol. The molecule has 116 valence electrons. The SMILES string of the molecule is Cc1cc(Cl)cc2[nH]c(C(=O)N3C[C@H]4CN(C)C[C@H]4C3)nc12. The summed E-state index contributed by atoms with van der Waals surface area (Å²) in [5.74, 6) is 1.64. The number of aryl methyl sites for hydroxylation is 1. The van der Waals surface area contributed by atoms with Gasteiger partial charge in [-0.05, 0) is 43.5 Å². The summed E-state index contributed by atoms with van der Waals surface area (Å²) in [6.45, 7) is 5.81. The van der Waals surface area contributed by atoms with Crippen LogP contribution in [0.3, 0.4) is 0 Å². The van der Waals surface area contributed by atoms with Crippen molar-refractivity contribution in [2.75, 3.05) is 33.2 Å². The average molecular weight is 319 g/mol. The molecule has 4 rings (SSSR count). The maximum Gasteiger partial charge on any atom is 0.289 e. The van der Waals surface area contributed by atoms with E-state index in [0.717, 1.165) is 42.8 Å². The third-order valence-electron chi connectivity index (χ3n) is 4.90. The van der Waals surface area contributed by atoms with E-state index in [4.69, 9.17) is 11.6 Å². The van der Waals surface area contributed by atoms with Gasteiger partial charge in [-0.15, -0.1) is 0 Å². The van der Waals surface area contributed by atoms with Crippen molar-refractivity contribution in [1.82, 2.24) is 19.8 Å². The number of carbonyl (C=O) groups excluding carboxylic acids is 1. The van der Waals surface area contributed by atoms with Crippen molar-refractivity contribution in [2.24, 2.45) is 11.8 Å². The van der Waals surface area contributed by atoms with Crippen molar-refractivity contribution in [3.63, 3.8) is 0 Å². The lowest BCUT2D eigenvalue weighted by Crippen LogP contribution is -2.32. The van der Waals surface area contributed by atoms with Gasteiger partial charge in [-0.1, -0.05) is 11.6 Å². The number of fused-ring (bicyclic) bond motifs is 2. The van der Waals surface area contributed by atoms with Crippen LogP contribution < -0.4 is 0 Å². The van der Waals surface area contributed by atoms with Crippen LogP contribution in [0.2, 0.25) is 5.02 Å². The van der Waals surface area contributed by atoms with Crippen molar-refractivity contribution in [3.05, 3.63) is 28.5 Å². The van der Waals surface area contributed by atoms with E-state index >= 15 is 0 Å². The number of nitrogens with zero attached hydrogens (tertiary/aromatic N) is 3. The molecule has 2 aliphatic rings. The Labute approximate surface area is 134 Å². The van der Waals surface area contributed by atoms with E-state index in [1.807, 2.05) is 24.0 Å². The minimum atomic E-state index is 0.00350. The molecule has 0 spiro atoms. The van der Waals surface area contributed by atoms with Crippen molar-refractivity contribution in [3.8, 4) is 0 Å². The Morgan fingerprint density at radius 1 is 1.27 bits per heavy atom. The van der Waals surface area contributed by atoms with Gasteiger partial charge in [-0.3, -0.25) is 4.79 Å². The molecular weight excluding hydrogens is 300 g/mol. The van der Waals surface area contributed by atoms with Gasteiger partial charge in [-0.2, -0.15) is 0 Å². The van der Waals surface area contributed by atoms with E-state index in [0.29, 0.717) is 22.7 Å². The number of H-pyrrole nitrogens is 1. The number of aromatic amines is 1. The Hall–Kier alpha value is -1.59. The summed E-state index contributed by atoms with van der Waals surface area (Å²) in [4.78, 5) is 24.6. The molecule has 2 fully saturated rings. The van der Waals surface area contributed by atoms with Crippen LogP contribution in [0.4, 0.5) is 0 Å². The van der Waals surface area contributed by atoms with Crippen LogP contribution in [0.5, 0.6) is 0 Å². The van der Waals surface area contributed by atoms with E-state index in [1.165, 1.54) is 0 Å². The number of rotatable bonds is 1. The second-order valence-electron chi connectivity index (χ2n) is 6.66. The van der Waals surface area contributed by atoms with Gasteiger partial charge in [0.1, 0.15) is 0 Å². The summed E-state index contributed by atoms with van der Waals surface area (Å²) < 4.78 is 0. The van der Waals surface area contributed by atoms with Crippen LogP contribution in [-0.2, 0) is 0 Å². The Morgan fingerprint density at radius 2 is 1.95 bits per heavy atom. The molecule has 0 saturated carbocycles. The smallest absolute Gasteiger partial charge is 0.289 e. The molecule has 0 bridgehead atoms. The molecule has 2 saturated heterocycles. The molecule has 2 aliphatic heterocycles. The van der Waals surface area contributed by atoms with Crippen molar-refractivity contribution in [2.45, 2.75) is 6.92 Å². The highest BCUT2D eigenvalue weighted by molar-refractivity contribution is 6.31. The van der Waals surface area contributed by atoms with Crippen LogP contribution in [-0.4, -0.2) is 58.9 Å².